The number of nitrogens with zero attached hydrogens (tertiary/aromatic N) is 1. The highest BCUT2D eigenvalue weighted by atomic mass is 16.3. The summed E-state index contributed by atoms with van der Waals surface area (Å²) in [6.45, 7) is 6.61. The smallest absolute Gasteiger partial charge is 0.117 e. The van der Waals surface area contributed by atoms with Crippen molar-refractivity contribution in [3.8, 4) is 0 Å². The van der Waals surface area contributed by atoms with Gasteiger partial charge in [-0.1, -0.05) is 36.8 Å². The first kappa shape index (κ1) is 13.8. The molecule has 0 saturated heterocycles. The maximum Gasteiger partial charge on any atom is 0.117 e. The predicted octanol–water partition coefficient (Wildman–Crippen LogP) is 3.11. The van der Waals surface area contributed by atoms with Crippen LogP contribution in [0, 0.1) is 6.92 Å². The van der Waals surface area contributed by atoms with Gasteiger partial charge >= 0.3 is 0 Å². The Balaban J connectivity index is 2.18. The third-order valence-electron chi connectivity index (χ3n) is 3.44. The Morgan fingerprint density at radius 3 is 2.68 bits per heavy atom. The largest absolute Gasteiger partial charge is 0.468 e. The number of rotatable bonds is 6. The Labute approximate surface area is 115 Å². The van der Waals surface area contributed by atoms with E-state index in [9.17, 15) is 0 Å². The monoisotopic (exact) mass is 258 g/mol. The number of furan rings is 1. The van der Waals surface area contributed by atoms with E-state index in [1.165, 1.54) is 11.1 Å². The Morgan fingerprint density at radius 1 is 1.26 bits per heavy atom. The molecule has 3 nitrogen and oxygen atoms in total. The van der Waals surface area contributed by atoms with Gasteiger partial charge in [0.2, 0.25) is 0 Å². The van der Waals surface area contributed by atoms with Crippen molar-refractivity contribution in [2.45, 2.75) is 26.4 Å². The summed E-state index contributed by atoms with van der Waals surface area (Å²) >= 11 is 0. The quantitative estimate of drug-likeness (QED) is 0.865. The van der Waals surface area contributed by atoms with Gasteiger partial charge in [-0.05, 0) is 31.2 Å². The molecule has 1 aromatic carbocycles. The van der Waals surface area contributed by atoms with Crippen molar-refractivity contribution in [1.82, 2.24) is 4.90 Å². The molecule has 0 aliphatic carbocycles. The lowest BCUT2D eigenvalue weighted by Crippen LogP contribution is -2.33. The van der Waals surface area contributed by atoms with E-state index in [0.29, 0.717) is 6.54 Å². The maximum atomic E-state index is 5.99. The van der Waals surface area contributed by atoms with Crippen molar-refractivity contribution in [2.75, 3.05) is 13.1 Å². The van der Waals surface area contributed by atoms with Gasteiger partial charge in [0, 0.05) is 12.6 Å². The average Bonchev–Trinajstić information content (AvgIpc) is 2.91. The summed E-state index contributed by atoms with van der Waals surface area (Å²) in [5.41, 5.74) is 8.53. The Hall–Kier alpha value is -1.58. The average molecular weight is 258 g/mol. The van der Waals surface area contributed by atoms with E-state index in [0.717, 1.165) is 18.8 Å². The molecule has 19 heavy (non-hydrogen) atoms. The lowest BCUT2D eigenvalue weighted by Gasteiger charge is -2.29. The highest BCUT2D eigenvalue weighted by Crippen LogP contribution is 2.22. The molecule has 1 aromatic heterocycles. The highest BCUT2D eigenvalue weighted by Gasteiger charge is 2.18. The summed E-state index contributed by atoms with van der Waals surface area (Å²) in [7, 11) is 0. The van der Waals surface area contributed by atoms with Gasteiger partial charge in [-0.25, -0.2) is 0 Å². The Morgan fingerprint density at radius 2 is 2.11 bits per heavy atom. The van der Waals surface area contributed by atoms with E-state index in [4.69, 9.17) is 10.2 Å². The Bertz CT molecular complexity index is 493. The first-order valence-electron chi connectivity index (χ1n) is 6.77. The molecule has 0 spiro atoms. The van der Waals surface area contributed by atoms with Crippen LogP contribution in [0.1, 0.15) is 29.9 Å². The molecule has 0 aliphatic rings. The summed E-state index contributed by atoms with van der Waals surface area (Å²) in [5, 5.41) is 0. The van der Waals surface area contributed by atoms with Crippen molar-refractivity contribution in [1.29, 1.82) is 0 Å². The van der Waals surface area contributed by atoms with E-state index in [2.05, 4.69) is 43.0 Å². The molecule has 1 unspecified atom stereocenters. The number of likely N-dealkylation sites (N-methyl/N-ethyl adjacent to an activating group) is 1. The molecule has 0 amide bonds. The molecule has 1 heterocycles. The van der Waals surface area contributed by atoms with Crippen LogP contribution in [0.5, 0.6) is 0 Å². The SMILES string of the molecule is CCN(Cc1ccco1)C(CN)c1cccc(C)c1. The molecule has 3 heteroatoms. The molecule has 102 valence electrons. The fourth-order valence-electron chi connectivity index (χ4n) is 2.42. The summed E-state index contributed by atoms with van der Waals surface area (Å²) < 4.78 is 5.44. The van der Waals surface area contributed by atoms with Crippen LogP contribution in [-0.4, -0.2) is 18.0 Å². The van der Waals surface area contributed by atoms with E-state index in [1.54, 1.807) is 6.26 Å². The zero-order valence-electron chi connectivity index (χ0n) is 11.7. The van der Waals surface area contributed by atoms with Gasteiger partial charge in [-0.3, -0.25) is 4.90 Å². The van der Waals surface area contributed by atoms with Gasteiger partial charge in [0.25, 0.3) is 0 Å². The van der Waals surface area contributed by atoms with Crippen LogP contribution in [0.3, 0.4) is 0 Å². The minimum absolute atomic E-state index is 0.231. The fourth-order valence-corrected chi connectivity index (χ4v) is 2.42. The molecule has 0 aliphatic heterocycles. The number of hydrogen-bond donors (Lipinski definition) is 1. The van der Waals surface area contributed by atoms with Crippen LogP contribution in [0.2, 0.25) is 0 Å². The van der Waals surface area contributed by atoms with Gasteiger partial charge in [-0.15, -0.1) is 0 Å². The topological polar surface area (TPSA) is 42.4 Å². The van der Waals surface area contributed by atoms with Crippen LogP contribution in [0.25, 0.3) is 0 Å². The number of hydrogen-bond acceptors (Lipinski definition) is 3. The first-order valence-corrected chi connectivity index (χ1v) is 6.77. The number of nitrogens with two attached hydrogens (primary N) is 1. The van der Waals surface area contributed by atoms with Crippen molar-refractivity contribution in [3.63, 3.8) is 0 Å². The fraction of sp³-hybridized carbons (Fsp3) is 0.375. The van der Waals surface area contributed by atoms with Gasteiger partial charge < -0.3 is 10.2 Å². The van der Waals surface area contributed by atoms with Gasteiger partial charge in [-0.2, -0.15) is 0 Å². The van der Waals surface area contributed by atoms with Gasteiger partial charge in [0.1, 0.15) is 5.76 Å². The van der Waals surface area contributed by atoms with Gasteiger partial charge in [0.05, 0.1) is 12.8 Å². The molecular formula is C16H22N2O. The molecule has 0 saturated carbocycles. The van der Waals surface area contributed by atoms with Crippen molar-refractivity contribution in [2.24, 2.45) is 5.73 Å². The normalized spacial score (nSPS) is 12.8. The van der Waals surface area contributed by atoms with Crippen LogP contribution < -0.4 is 5.73 Å². The second-order valence-corrected chi connectivity index (χ2v) is 4.81. The standard InChI is InChI=1S/C16H22N2O/c1-3-18(12-15-8-5-9-19-15)16(11-17)14-7-4-6-13(2)10-14/h4-10,16H,3,11-12,17H2,1-2H3. The summed E-state index contributed by atoms with van der Waals surface area (Å²) in [6, 6.07) is 12.7. The minimum Gasteiger partial charge on any atom is -0.468 e. The van der Waals surface area contributed by atoms with Crippen LogP contribution >= 0.6 is 0 Å². The molecule has 2 aromatic rings. The number of benzene rings is 1. The highest BCUT2D eigenvalue weighted by molar-refractivity contribution is 5.25. The van der Waals surface area contributed by atoms with E-state index < -0.39 is 0 Å². The van der Waals surface area contributed by atoms with Gasteiger partial charge in [0.15, 0.2) is 0 Å². The van der Waals surface area contributed by atoms with E-state index >= 15 is 0 Å². The molecule has 2 N–H and O–H groups in total. The lowest BCUT2D eigenvalue weighted by molar-refractivity contribution is 0.188. The molecule has 0 radical (unpaired) electrons. The summed E-state index contributed by atoms with van der Waals surface area (Å²) in [5.74, 6) is 0.980. The van der Waals surface area contributed by atoms with Crippen molar-refractivity contribution >= 4 is 0 Å². The zero-order chi connectivity index (χ0) is 13.7. The molecule has 0 bridgehead atoms. The summed E-state index contributed by atoms with van der Waals surface area (Å²) in [6.07, 6.45) is 1.72. The second kappa shape index (κ2) is 6.55. The first-order chi connectivity index (χ1) is 9.24. The van der Waals surface area contributed by atoms with Crippen LogP contribution in [0.15, 0.2) is 47.1 Å². The zero-order valence-corrected chi connectivity index (χ0v) is 11.7. The van der Waals surface area contributed by atoms with Crippen molar-refractivity contribution in [3.05, 3.63) is 59.5 Å². The second-order valence-electron chi connectivity index (χ2n) is 4.81. The summed E-state index contributed by atoms with van der Waals surface area (Å²) in [4.78, 5) is 2.34. The number of aryl methyl sites for hydroxylation is 1. The third kappa shape index (κ3) is 3.46. The van der Waals surface area contributed by atoms with Crippen molar-refractivity contribution < 1.29 is 4.42 Å². The molecule has 1 atom stereocenters. The van der Waals surface area contributed by atoms with Crippen LogP contribution in [0.4, 0.5) is 0 Å². The van der Waals surface area contributed by atoms with E-state index in [-0.39, 0.29) is 6.04 Å². The molecule has 2 rings (SSSR count). The molecule has 0 fully saturated rings. The Kier molecular flexibility index (Phi) is 4.77. The van der Waals surface area contributed by atoms with E-state index in [1.807, 2.05) is 12.1 Å². The lowest BCUT2D eigenvalue weighted by atomic mass is 10.0. The minimum atomic E-state index is 0.231. The predicted molar refractivity (Wildman–Crippen MR) is 77.8 cm³/mol. The molecular weight excluding hydrogens is 236 g/mol. The van der Waals surface area contributed by atoms with Crippen LogP contribution in [-0.2, 0) is 6.54 Å². The maximum absolute atomic E-state index is 5.99. The third-order valence-corrected chi connectivity index (χ3v) is 3.44.